The lowest BCUT2D eigenvalue weighted by Gasteiger charge is -2.37. The SMILES string of the molecule is Fc1ccc(CN2C[C@H]3C[C@H](Oc4ccccn4)[C@@H](n4cccn4)C[C@H]3C2)c(F)c1. The molecule has 2 aromatic heterocycles. The van der Waals surface area contributed by atoms with E-state index in [4.69, 9.17) is 4.74 Å². The summed E-state index contributed by atoms with van der Waals surface area (Å²) in [6, 6.07) is 11.6. The van der Waals surface area contributed by atoms with Crippen LogP contribution in [0.1, 0.15) is 24.4 Å². The van der Waals surface area contributed by atoms with Gasteiger partial charge in [0.1, 0.15) is 17.7 Å². The number of fused-ring (bicyclic) bond motifs is 1. The van der Waals surface area contributed by atoms with Crippen LogP contribution in [0.15, 0.2) is 61.1 Å². The molecule has 30 heavy (non-hydrogen) atoms. The predicted octanol–water partition coefficient (Wildman–Crippen LogP) is 4.09. The Labute approximate surface area is 174 Å². The average molecular weight is 410 g/mol. The van der Waals surface area contributed by atoms with Crippen molar-refractivity contribution in [3.05, 3.63) is 78.3 Å². The van der Waals surface area contributed by atoms with Crippen molar-refractivity contribution >= 4 is 0 Å². The highest BCUT2D eigenvalue weighted by atomic mass is 19.1. The number of nitrogens with zero attached hydrogens (tertiary/aromatic N) is 4. The molecule has 0 bridgehead atoms. The van der Waals surface area contributed by atoms with Gasteiger partial charge in [-0.2, -0.15) is 5.10 Å². The Morgan fingerprint density at radius 2 is 1.87 bits per heavy atom. The van der Waals surface area contributed by atoms with Gasteiger partial charge in [0.15, 0.2) is 0 Å². The van der Waals surface area contributed by atoms with Gasteiger partial charge in [0.25, 0.3) is 0 Å². The molecule has 1 aliphatic carbocycles. The van der Waals surface area contributed by atoms with Crippen LogP contribution in [0.3, 0.4) is 0 Å². The number of halogens is 2. The van der Waals surface area contributed by atoms with Gasteiger partial charge >= 0.3 is 0 Å². The molecule has 0 amide bonds. The molecule has 3 heterocycles. The molecular weight excluding hydrogens is 386 g/mol. The van der Waals surface area contributed by atoms with Crippen molar-refractivity contribution in [3.8, 4) is 5.88 Å². The second-order valence-corrected chi connectivity index (χ2v) is 8.30. The molecule has 1 saturated carbocycles. The zero-order chi connectivity index (χ0) is 20.5. The number of hydrogen-bond acceptors (Lipinski definition) is 4. The Hall–Kier alpha value is -2.80. The van der Waals surface area contributed by atoms with Crippen molar-refractivity contribution in [1.82, 2.24) is 19.7 Å². The Morgan fingerprint density at radius 1 is 1.00 bits per heavy atom. The maximum Gasteiger partial charge on any atom is 0.213 e. The zero-order valence-corrected chi connectivity index (χ0v) is 16.6. The molecule has 0 N–H and O–H groups in total. The van der Waals surface area contributed by atoms with Gasteiger partial charge in [-0.15, -0.1) is 0 Å². The lowest BCUT2D eigenvalue weighted by atomic mass is 9.77. The molecule has 1 saturated heterocycles. The number of pyridine rings is 1. The largest absolute Gasteiger partial charge is 0.472 e. The maximum atomic E-state index is 14.1. The van der Waals surface area contributed by atoms with E-state index < -0.39 is 11.6 Å². The molecule has 5 nitrogen and oxygen atoms in total. The first-order valence-corrected chi connectivity index (χ1v) is 10.4. The van der Waals surface area contributed by atoms with Gasteiger partial charge in [-0.05, 0) is 42.9 Å². The molecule has 1 aliphatic heterocycles. The van der Waals surface area contributed by atoms with E-state index in [0.29, 0.717) is 29.8 Å². The third kappa shape index (κ3) is 3.94. The Balaban J connectivity index is 1.32. The minimum atomic E-state index is -0.539. The van der Waals surface area contributed by atoms with Gasteiger partial charge in [0.2, 0.25) is 5.88 Å². The summed E-state index contributed by atoms with van der Waals surface area (Å²) in [5.41, 5.74) is 0.542. The fourth-order valence-corrected chi connectivity index (χ4v) is 4.96. The van der Waals surface area contributed by atoms with Gasteiger partial charge in [0.05, 0.1) is 6.04 Å². The average Bonchev–Trinajstić information content (AvgIpc) is 3.40. The van der Waals surface area contributed by atoms with Gasteiger partial charge in [-0.25, -0.2) is 13.8 Å². The fourth-order valence-electron chi connectivity index (χ4n) is 4.96. The van der Waals surface area contributed by atoms with E-state index >= 15 is 0 Å². The minimum absolute atomic E-state index is 0.0245. The maximum absolute atomic E-state index is 14.1. The van der Waals surface area contributed by atoms with Crippen molar-refractivity contribution in [3.63, 3.8) is 0 Å². The van der Waals surface area contributed by atoms with Gasteiger partial charge in [-0.1, -0.05) is 12.1 Å². The number of aromatic nitrogens is 3. The summed E-state index contributed by atoms with van der Waals surface area (Å²) in [5.74, 6) is 0.570. The van der Waals surface area contributed by atoms with Crippen LogP contribution >= 0.6 is 0 Å². The second kappa shape index (κ2) is 8.14. The van der Waals surface area contributed by atoms with E-state index in [1.165, 1.54) is 6.07 Å². The first kappa shape index (κ1) is 19.2. The quantitative estimate of drug-likeness (QED) is 0.636. The van der Waals surface area contributed by atoms with Crippen LogP contribution < -0.4 is 4.74 Å². The summed E-state index contributed by atoms with van der Waals surface area (Å²) in [5, 5.41) is 4.47. The summed E-state index contributed by atoms with van der Waals surface area (Å²) >= 11 is 0. The van der Waals surface area contributed by atoms with E-state index in [1.54, 1.807) is 18.5 Å². The molecule has 0 radical (unpaired) electrons. The first-order valence-electron chi connectivity index (χ1n) is 10.4. The van der Waals surface area contributed by atoms with E-state index in [9.17, 15) is 8.78 Å². The highest BCUT2D eigenvalue weighted by Crippen LogP contribution is 2.42. The van der Waals surface area contributed by atoms with Crippen LogP contribution in [0, 0.1) is 23.5 Å². The fraction of sp³-hybridized carbons (Fsp3) is 0.391. The Morgan fingerprint density at radius 3 is 2.60 bits per heavy atom. The normalized spacial score (nSPS) is 26.5. The van der Waals surface area contributed by atoms with Crippen LogP contribution in [-0.4, -0.2) is 38.9 Å². The Bertz CT molecular complexity index is 982. The zero-order valence-electron chi connectivity index (χ0n) is 16.6. The van der Waals surface area contributed by atoms with Crippen LogP contribution in [-0.2, 0) is 6.54 Å². The van der Waals surface area contributed by atoms with Crippen molar-refractivity contribution in [2.45, 2.75) is 31.5 Å². The number of ether oxygens (including phenoxy) is 1. The smallest absolute Gasteiger partial charge is 0.213 e. The molecule has 156 valence electrons. The van der Waals surface area contributed by atoms with Crippen molar-refractivity contribution in [2.24, 2.45) is 11.8 Å². The van der Waals surface area contributed by atoms with Gasteiger partial charge < -0.3 is 4.74 Å². The molecule has 2 fully saturated rings. The van der Waals surface area contributed by atoms with Crippen molar-refractivity contribution in [2.75, 3.05) is 13.1 Å². The number of hydrogen-bond donors (Lipinski definition) is 0. The molecular formula is C23H24F2N4O. The van der Waals surface area contributed by atoms with Crippen LogP contribution in [0.4, 0.5) is 8.78 Å². The standard InChI is InChI=1S/C23H24F2N4O/c24-19-6-5-16(20(25)12-19)13-28-14-17-10-21(29-9-3-8-27-29)22(11-18(17)15-28)30-23-4-1-2-7-26-23/h1-9,12,17-18,21-22H,10-11,13-15H2/t17-,18+,21-,22-/m0/s1. The molecule has 4 atom stereocenters. The third-order valence-electron chi connectivity index (χ3n) is 6.34. The van der Waals surface area contributed by atoms with Crippen LogP contribution in [0.5, 0.6) is 5.88 Å². The summed E-state index contributed by atoms with van der Waals surface area (Å²) in [4.78, 5) is 6.60. The Kier molecular flexibility index (Phi) is 5.21. The lowest BCUT2D eigenvalue weighted by Crippen LogP contribution is -2.40. The monoisotopic (exact) mass is 410 g/mol. The topological polar surface area (TPSA) is 43.2 Å². The molecule has 7 heteroatoms. The second-order valence-electron chi connectivity index (χ2n) is 8.30. The molecule has 2 aliphatic rings. The molecule has 1 aromatic carbocycles. The number of benzene rings is 1. The minimum Gasteiger partial charge on any atom is -0.472 e. The summed E-state index contributed by atoms with van der Waals surface area (Å²) < 4.78 is 35.6. The van der Waals surface area contributed by atoms with E-state index in [2.05, 4.69) is 15.0 Å². The van der Waals surface area contributed by atoms with Crippen LogP contribution in [0.2, 0.25) is 0 Å². The third-order valence-corrected chi connectivity index (χ3v) is 6.34. The molecule has 0 unspecified atom stereocenters. The van der Waals surface area contributed by atoms with Crippen molar-refractivity contribution in [1.29, 1.82) is 0 Å². The first-order chi connectivity index (χ1) is 14.7. The number of likely N-dealkylation sites (tertiary alicyclic amines) is 1. The summed E-state index contributed by atoms with van der Waals surface area (Å²) in [6.07, 6.45) is 7.34. The molecule has 3 aromatic rings. The molecule has 5 rings (SSSR count). The van der Waals surface area contributed by atoms with Crippen molar-refractivity contribution < 1.29 is 13.5 Å². The lowest BCUT2D eigenvalue weighted by molar-refractivity contribution is 0.0459. The van der Waals surface area contributed by atoms with Gasteiger partial charge in [0, 0.05) is 55.9 Å². The van der Waals surface area contributed by atoms with E-state index in [1.807, 2.05) is 35.1 Å². The predicted molar refractivity (Wildman–Crippen MR) is 108 cm³/mol. The van der Waals surface area contributed by atoms with E-state index in [-0.39, 0.29) is 12.1 Å². The van der Waals surface area contributed by atoms with E-state index in [0.717, 1.165) is 32.0 Å². The molecule has 0 spiro atoms. The highest BCUT2D eigenvalue weighted by Gasteiger charge is 2.44. The van der Waals surface area contributed by atoms with Crippen LogP contribution in [0.25, 0.3) is 0 Å². The summed E-state index contributed by atoms with van der Waals surface area (Å²) in [7, 11) is 0. The summed E-state index contributed by atoms with van der Waals surface area (Å²) in [6.45, 7) is 2.28. The highest BCUT2D eigenvalue weighted by molar-refractivity contribution is 5.19. The van der Waals surface area contributed by atoms with Gasteiger partial charge in [-0.3, -0.25) is 9.58 Å². The number of rotatable bonds is 5.